The maximum atomic E-state index is 12.4. The molecular formula is C16H27N3O2S. The zero-order valence-corrected chi connectivity index (χ0v) is 15.4. The van der Waals surface area contributed by atoms with E-state index in [0.717, 1.165) is 0 Å². The van der Waals surface area contributed by atoms with Crippen molar-refractivity contribution < 1.29 is 9.59 Å². The number of nitrogens with one attached hydrogen (secondary N) is 1. The first kappa shape index (κ1) is 18.6. The Hall–Kier alpha value is -1.43. The van der Waals surface area contributed by atoms with Gasteiger partial charge in [0.1, 0.15) is 0 Å². The summed E-state index contributed by atoms with van der Waals surface area (Å²) in [7, 11) is 0. The summed E-state index contributed by atoms with van der Waals surface area (Å²) in [5.41, 5.74) is 0.235. The van der Waals surface area contributed by atoms with Crippen LogP contribution in [-0.4, -0.2) is 33.8 Å². The molecular weight excluding hydrogens is 298 g/mol. The Bertz CT molecular complexity index is 522. The molecule has 1 N–H and O–H groups in total. The Labute approximate surface area is 137 Å². The van der Waals surface area contributed by atoms with Gasteiger partial charge in [-0.25, -0.2) is 4.98 Å². The van der Waals surface area contributed by atoms with Gasteiger partial charge in [-0.3, -0.25) is 9.59 Å². The molecule has 0 aliphatic heterocycles. The summed E-state index contributed by atoms with van der Waals surface area (Å²) in [6.07, 6.45) is 0.262. The van der Waals surface area contributed by atoms with Gasteiger partial charge in [0.2, 0.25) is 11.8 Å². The van der Waals surface area contributed by atoms with Gasteiger partial charge in [0.05, 0.1) is 12.1 Å². The molecule has 6 heteroatoms. The molecule has 0 saturated carbocycles. The highest BCUT2D eigenvalue weighted by Crippen LogP contribution is 2.21. The lowest BCUT2D eigenvalue weighted by molar-refractivity contribution is -0.134. The van der Waals surface area contributed by atoms with E-state index >= 15 is 0 Å². The summed E-state index contributed by atoms with van der Waals surface area (Å²) in [6, 6.07) is 0.317. The van der Waals surface area contributed by atoms with Gasteiger partial charge < -0.3 is 10.2 Å². The van der Waals surface area contributed by atoms with Crippen molar-refractivity contribution in [3.05, 3.63) is 11.1 Å². The van der Waals surface area contributed by atoms with Gasteiger partial charge in [-0.05, 0) is 27.7 Å². The van der Waals surface area contributed by atoms with Crippen LogP contribution in [0.1, 0.15) is 54.2 Å². The summed E-state index contributed by atoms with van der Waals surface area (Å²) < 4.78 is 0. The maximum absolute atomic E-state index is 12.4. The second kappa shape index (κ2) is 7.22. The van der Waals surface area contributed by atoms with E-state index in [9.17, 15) is 9.59 Å². The molecule has 1 aromatic rings. The standard InChI is InChI=1S/C16H27N3O2S/c1-10(2)19(11(3)4)13(20)8-12-9-22-15(17-12)18-14(21)16(5,6)7/h9-11H,8H2,1-7H3,(H,17,18,21). The molecule has 22 heavy (non-hydrogen) atoms. The fourth-order valence-corrected chi connectivity index (χ4v) is 2.85. The average molecular weight is 325 g/mol. The molecule has 0 bridgehead atoms. The van der Waals surface area contributed by atoms with Gasteiger partial charge in [0.25, 0.3) is 0 Å². The molecule has 0 fully saturated rings. The Morgan fingerprint density at radius 1 is 1.23 bits per heavy atom. The first-order chi connectivity index (χ1) is 10.0. The van der Waals surface area contributed by atoms with E-state index in [0.29, 0.717) is 10.8 Å². The highest BCUT2D eigenvalue weighted by atomic mass is 32.1. The lowest BCUT2D eigenvalue weighted by atomic mass is 9.96. The van der Waals surface area contributed by atoms with E-state index in [1.165, 1.54) is 11.3 Å². The van der Waals surface area contributed by atoms with Crippen LogP contribution in [0.4, 0.5) is 5.13 Å². The molecule has 1 rings (SSSR count). The number of anilines is 1. The normalized spacial score (nSPS) is 11.9. The minimum atomic E-state index is -0.465. The van der Waals surface area contributed by atoms with Crippen LogP contribution in [0.3, 0.4) is 0 Å². The summed E-state index contributed by atoms with van der Waals surface area (Å²) in [6.45, 7) is 13.6. The number of aromatic nitrogens is 1. The monoisotopic (exact) mass is 325 g/mol. The predicted molar refractivity (Wildman–Crippen MR) is 91.0 cm³/mol. The summed E-state index contributed by atoms with van der Waals surface area (Å²) in [4.78, 5) is 30.5. The lowest BCUT2D eigenvalue weighted by Crippen LogP contribution is -2.42. The number of nitrogens with zero attached hydrogens (tertiary/aromatic N) is 2. The third-order valence-electron chi connectivity index (χ3n) is 3.19. The van der Waals surface area contributed by atoms with E-state index in [2.05, 4.69) is 10.3 Å². The molecule has 1 heterocycles. The van der Waals surface area contributed by atoms with Gasteiger partial charge in [0, 0.05) is 22.9 Å². The lowest BCUT2D eigenvalue weighted by Gasteiger charge is -2.30. The number of amides is 2. The smallest absolute Gasteiger partial charge is 0.231 e. The number of hydrogen-bond acceptors (Lipinski definition) is 4. The van der Waals surface area contributed by atoms with Crippen LogP contribution in [0.25, 0.3) is 0 Å². The molecule has 0 aliphatic carbocycles. The number of carbonyl (C=O) groups excluding carboxylic acids is 2. The highest BCUT2D eigenvalue weighted by Gasteiger charge is 2.23. The largest absolute Gasteiger partial charge is 0.338 e. The molecule has 2 amide bonds. The fraction of sp³-hybridized carbons (Fsp3) is 0.688. The van der Waals surface area contributed by atoms with Crippen molar-refractivity contribution in [3.8, 4) is 0 Å². The van der Waals surface area contributed by atoms with Crippen LogP contribution in [0.5, 0.6) is 0 Å². The third-order valence-corrected chi connectivity index (χ3v) is 3.99. The number of hydrogen-bond donors (Lipinski definition) is 1. The van der Waals surface area contributed by atoms with E-state index < -0.39 is 5.41 Å². The molecule has 0 radical (unpaired) electrons. The molecule has 0 saturated heterocycles. The van der Waals surface area contributed by atoms with Crippen LogP contribution < -0.4 is 5.32 Å². The minimum Gasteiger partial charge on any atom is -0.338 e. The third kappa shape index (κ3) is 5.09. The van der Waals surface area contributed by atoms with Crippen LogP contribution in [0.2, 0.25) is 0 Å². The van der Waals surface area contributed by atoms with Gasteiger partial charge >= 0.3 is 0 Å². The first-order valence-corrected chi connectivity index (χ1v) is 8.47. The summed E-state index contributed by atoms with van der Waals surface area (Å²) >= 11 is 1.35. The SMILES string of the molecule is CC(C)N(C(=O)Cc1csc(NC(=O)C(C)(C)C)n1)C(C)C. The van der Waals surface area contributed by atoms with Gasteiger partial charge in [0.15, 0.2) is 5.13 Å². The second-order valence-corrected chi connectivity index (χ2v) is 7.87. The maximum Gasteiger partial charge on any atom is 0.231 e. The summed E-state index contributed by atoms with van der Waals surface area (Å²) in [5, 5.41) is 5.17. The van der Waals surface area contributed by atoms with Crippen molar-refractivity contribution in [2.45, 2.75) is 67.0 Å². The Morgan fingerprint density at radius 3 is 2.23 bits per heavy atom. The predicted octanol–water partition coefficient (Wildman–Crippen LogP) is 3.32. The van der Waals surface area contributed by atoms with Crippen LogP contribution in [-0.2, 0) is 16.0 Å². The van der Waals surface area contributed by atoms with Crippen molar-refractivity contribution in [1.29, 1.82) is 0 Å². The van der Waals surface area contributed by atoms with Crippen molar-refractivity contribution >= 4 is 28.3 Å². The fourth-order valence-electron chi connectivity index (χ4n) is 2.15. The molecule has 0 unspecified atom stereocenters. The molecule has 5 nitrogen and oxygen atoms in total. The number of rotatable bonds is 5. The number of thiazole rings is 1. The molecule has 0 aromatic carbocycles. The van der Waals surface area contributed by atoms with Crippen LogP contribution in [0.15, 0.2) is 5.38 Å². The number of carbonyl (C=O) groups is 2. The molecule has 0 atom stereocenters. The van der Waals surface area contributed by atoms with Gasteiger partial charge in [-0.15, -0.1) is 11.3 Å². The van der Waals surface area contributed by atoms with Crippen molar-refractivity contribution in [2.24, 2.45) is 5.41 Å². The Balaban J connectivity index is 2.73. The van der Waals surface area contributed by atoms with Crippen molar-refractivity contribution in [3.63, 3.8) is 0 Å². The van der Waals surface area contributed by atoms with Crippen LogP contribution in [0, 0.1) is 5.41 Å². The molecule has 0 aliphatic rings. The van der Waals surface area contributed by atoms with E-state index in [1.807, 2.05) is 58.7 Å². The second-order valence-electron chi connectivity index (χ2n) is 7.01. The molecule has 0 spiro atoms. The van der Waals surface area contributed by atoms with Gasteiger partial charge in [-0.1, -0.05) is 20.8 Å². The average Bonchev–Trinajstić information content (AvgIpc) is 2.73. The first-order valence-electron chi connectivity index (χ1n) is 7.59. The van der Waals surface area contributed by atoms with E-state index in [1.54, 1.807) is 0 Å². The zero-order chi connectivity index (χ0) is 17.1. The van der Waals surface area contributed by atoms with E-state index in [4.69, 9.17) is 0 Å². The zero-order valence-electron chi connectivity index (χ0n) is 14.6. The highest BCUT2D eigenvalue weighted by molar-refractivity contribution is 7.13. The van der Waals surface area contributed by atoms with Crippen molar-refractivity contribution in [2.75, 3.05) is 5.32 Å². The van der Waals surface area contributed by atoms with E-state index in [-0.39, 0.29) is 30.3 Å². The van der Waals surface area contributed by atoms with Gasteiger partial charge in [-0.2, -0.15) is 0 Å². The topological polar surface area (TPSA) is 62.3 Å². The van der Waals surface area contributed by atoms with Crippen molar-refractivity contribution in [1.82, 2.24) is 9.88 Å². The van der Waals surface area contributed by atoms with Crippen LogP contribution >= 0.6 is 11.3 Å². The molecule has 124 valence electrons. The Kier molecular flexibility index (Phi) is 6.11. The molecule has 1 aromatic heterocycles. The summed E-state index contributed by atoms with van der Waals surface area (Å²) in [5.74, 6) is -0.0188. The quantitative estimate of drug-likeness (QED) is 0.903. The Morgan fingerprint density at radius 2 is 1.77 bits per heavy atom. The minimum absolute atomic E-state index is 0.0593.